The van der Waals surface area contributed by atoms with Crippen LogP contribution in [-0.4, -0.2) is 13.5 Å². The number of anilines is 3. The summed E-state index contributed by atoms with van der Waals surface area (Å²) in [5, 5.41) is 6.18. The van der Waals surface area contributed by atoms with Crippen LogP contribution in [0.25, 0.3) is 0 Å². The summed E-state index contributed by atoms with van der Waals surface area (Å²) < 4.78 is 40.6. The van der Waals surface area contributed by atoms with E-state index in [1.165, 1.54) is 24.3 Å². The Morgan fingerprint density at radius 1 is 0.857 bits per heavy atom. The number of sulfonamides is 1. The maximum absolute atomic E-state index is 12.9. The zero-order valence-electron chi connectivity index (χ0n) is 14.9. The Balaban J connectivity index is 1.66. The molecule has 0 bridgehead atoms. The molecular formula is C20H18FN3O2S2. The van der Waals surface area contributed by atoms with Gasteiger partial charge in [0.1, 0.15) is 5.82 Å². The topological polar surface area (TPSA) is 70.2 Å². The van der Waals surface area contributed by atoms with Crippen molar-refractivity contribution < 1.29 is 12.8 Å². The van der Waals surface area contributed by atoms with E-state index in [0.29, 0.717) is 22.2 Å². The Kier molecular flexibility index (Phi) is 5.91. The number of hydrogen-bond acceptors (Lipinski definition) is 3. The molecule has 0 heterocycles. The fraction of sp³-hybridized carbons (Fsp3) is 0.0500. The first kappa shape index (κ1) is 19.8. The van der Waals surface area contributed by atoms with Crippen molar-refractivity contribution in [2.45, 2.75) is 11.8 Å². The third kappa shape index (κ3) is 5.05. The highest BCUT2D eigenvalue weighted by Gasteiger charge is 2.15. The average molecular weight is 416 g/mol. The number of aryl methyl sites for hydroxylation is 1. The zero-order valence-corrected chi connectivity index (χ0v) is 16.6. The maximum Gasteiger partial charge on any atom is 0.261 e. The second kappa shape index (κ2) is 8.37. The van der Waals surface area contributed by atoms with Gasteiger partial charge in [-0.25, -0.2) is 12.8 Å². The van der Waals surface area contributed by atoms with E-state index >= 15 is 0 Å². The van der Waals surface area contributed by atoms with E-state index in [9.17, 15) is 12.8 Å². The molecule has 144 valence electrons. The molecule has 0 saturated carbocycles. The molecule has 0 saturated heterocycles. The minimum absolute atomic E-state index is 0.138. The standard InChI is InChI=1S/C20H18FN3O2S2/c1-14-4-2-3-5-19(14)24-28(25,26)18-12-10-17(11-13-18)23-20(27)22-16-8-6-15(21)7-9-16/h2-13,24H,1H3,(H2,22,23,27). The van der Waals surface area contributed by atoms with E-state index in [1.54, 1.807) is 36.4 Å². The first-order chi connectivity index (χ1) is 13.3. The molecule has 0 aliphatic rings. The Labute approximate surface area is 168 Å². The van der Waals surface area contributed by atoms with Gasteiger partial charge in [0, 0.05) is 11.4 Å². The van der Waals surface area contributed by atoms with Gasteiger partial charge in [-0.15, -0.1) is 0 Å². The molecule has 0 radical (unpaired) electrons. The molecule has 8 heteroatoms. The quantitative estimate of drug-likeness (QED) is 0.525. The van der Waals surface area contributed by atoms with Crippen molar-refractivity contribution >= 4 is 44.4 Å². The van der Waals surface area contributed by atoms with Crippen LogP contribution in [0.15, 0.2) is 77.7 Å². The third-order valence-electron chi connectivity index (χ3n) is 3.91. The van der Waals surface area contributed by atoms with E-state index < -0.39 is 10.0 Å². The van der Waals surface area contributed by atoms with Crippen LogP contribution in [0.4, 0.5) is 21.5 Å². The number of nitrogens with one attached hydrogen (secondary N) is 3. The van der Waals surface area contributed by atoms with Gasteiger partial charge in [0.2, 0.25) is 0 Å². The lowest BCUT2D eigenvalue weighted by Gasteiger charge is -2.12. The zero-order chi connectivity index (χ0) is 20.1. The fourth-order valence-electron chi connectivity index (χ4n) is 2.44. The van der Waals surface area contributed by atoms with E-state index in [0.717, 1.165) is 5.56 Å². The van der Waals surface area contributed by atoms with Crippen molar-refractivity contribution in [3.63, 3.8) is 0 Å². The average Bonchev–Trinajstić information content (AvgIpc) is 2.66. The van der Waals surface area contributed by atoms with Crippen LogP contribution < -0.4 is 15.4 Å². The van der Waals surface area contributed by atoms with Crippen molar-refractivity contribution in [1.29, 1.82) is 0 Å². The fourth-order valence-corrected chi connectivity index (χ4v) is 3.80. The van der Waals surface area contributed by atoms with Crippen molar-refractivity contribution in [2.24, 2.45) is 0 Å². The molecule has 3 rings (SSSR count). The summed E-state index contributed by atoms with van der Waals surface area (Å²) in [6.45, 7) is 1.83. The lowest BCUT2D eigenvalue weighted by molar-refractivity contribution is 0.601. The van der Waals surface area contributed by atoms with E-state index in [1.807, 2.05) is 19.1 Å². The number of halogens is 1. The summed E-state index contributed by atoms with van der Waals surface area (Å²) in [6, 6.07) is 19.2. The molecule has 3 aromatic carbocycles. The Bertz CT molecular complexity index is 1080. The normalized spacial score (nSPS) is 10.9. The van der Waals surface area contributed by atoms with Crippen molar-refractivity contribution in [2.75, 3.05) is 15.4 Å². The molecule has 3 aromatic rings. The molecular weight excluding hydrogens is 397 g/mol. The summed E-state index contributed by atoms with van der Waals surface area (Å²) in [5.74, 6) is -0.333. The number of benzene rings is 3. The van der Waals surface area contributed by atoms with E-state index in [-0.39, 0.29) is 10.7 Å². The van der Waals surface area contributed by atoms with Crippen molar-refractivity contribution in [3.05, 3.63) is 84.2 Å². The van der Waals surface area contributed by atoms with Gasteiger partial charge in [0.25, 0.3) is 10.0 Å². The highest BCUT2D eigenvalue weighted by atomic mass is 32.2. The molecule has 0 amide bonds. The summed E-state index contributed by atoms with van der Waals surface area (Å²) in [7, 11) is -3.70. The van der Waals surface area contributed by atoms with Crippen molar-refractivity contribution in [1.82, 2.24) is 0 Å². The number of rotatable bonds is 5. The van der Waals surface area contributed by atoms with Gasteiger partial charge in [-0.3, -0.25) is 4.72 Å². The molecule has 3 N–H and O–H groups in total. The van der Waals surface area contributed by atoms with Gasteiger partial charge < -0.3 is 10.6 Å². The third-order valence-corrected chi connectivity index (χ3v) is 5.50. The van der Waals surface area contributed by atoms with Gasteiger partial charge in [-0.05, 0) is 79.3 Å². The minimum atomic E-state index is -3.70. The van der Waals surface area contributed by atoms with Crippen LogP contribution in [-0.2, 0) is 10.0 Å². The van der Waals surface area contributed by atoms with Crippen molar-refractivity contribution in [3.8, 4) is 0 Å². The van der Waals surface area contributed by atoms with Gasteiger partial charge >= 0.3 is 0 Å². The van der Waals surface area contributed by atoms with E-state index in [4.69, 9.17) is 12.2 Å². The molecule has 0 aliphatic heterocycles. The van der Waals surface area contributed by atoms with Crippen LogP contribution in [0.2, 0.25) is 0 Å². The van der Waals surface area contributed by atoms with E-state index in [2.05, 4.69) is 15.4 Å². The molecule has 28 heavy (non-hydrogen) atoms. The number of para-hydroxylation sites is 1. The lowest BCUT2D eigenvalue weighted by Crippen LogP contribution is -2.19. The highest BCUT2D eigenvalue weighted by molar-refractivity contribution is 7.92. The summed E-state index contributed by atoms with van der Waals surface area (Å²) in [5.41, 5.74) is 2.63. The highest BCUT2D eigenvalue weighted by Crippen LogP contribution is 2.21. The van der Waals surface area contributed by atoms with Crippen LogP contribution in [0.5, 0.6) is 0 Å². The van der Waals surface area contributed by atoms with Gasteiger partial charge in [-0.1, -0.05) is 18.2 Å². The monoisotopic (exact) mass is 415 g/mol. The smallest absolute Gasteiger partial charge is 0.261 e. The Morgan fingerprint density at radius 3 is 1.96 bits per heavy atom. The molecule has 0 fully saturated rings. The van der Waals surface area contributed by atoms with Crippen LogP contribution in [0.3, 0.4) is 0 Å². The summed E-state index contributed by atoms with van der Waals surface area (Å²) in [4.78, 5) is 0.138. The Hall–Kier alpha value is -2.97. The number of thiocarbonyl (C=S) groups is 1. The second-order valence-corrected chi connectivity index (χ2v) is 8.12. The molecule has 0 aliphatic carbocycles. The summed E-state index contributed by atoms with van der Waals surface area (Å²) >= 11 is 5.21. The van der Waals surface area contributed by atoms with Crippen LogP contribution >= 0.6 is 12.2 Å². The molecule has 5 nitrogen and oxygen atoms in total. The van der Waals surface area contributed by atoms with Crippen LogP contribution in [0.1, 0.15) is 5.56 Å². The Morgan fingerprint density at radius 2 is 1.39 bits per heavy atom. The largest absolute Gasteiger partial charge is 0.332 e. The SMILES string of the molecule is Cc1ccccc1NS(=O)(=O)c1ccc(NC(=S)Nc2ccc(F)cc2)cc1. The molecule has 0 aromatic heterocycles. The molecule has 0 unspecified atom stereocenters. The minimum Gasteiger partial charge on any atom is -0.332 e. The predicted octanol–water partition coefficient (Wildman–Crippen LogP) is 4.74. The maximum atomic E-state index is 12.9. The second-order valence-electron chi connectivity index (χ2n) is 6.03. The lowest BCUT2D eigenvalue weighted by atomic mass is 10.2. The molecule has 0 spiro atoms. The van der Waals surface area contributed by atoms with Gasteiger partial charge in [0.15, 0.2) is 5.11 Å². The summed E-state index contributed by atoms with van der Waals surface area (Å²) in [6.07, 6.45) is 0. The first-order valence-corrected chi connectivity index (χ1v) is 10.2. The first-order valence-electron chi connectivity index (χ1n) is 8.35. The van der Waals surface area contributed by atoms with Gasteiger partial charge in [0.05, 0.1) is 10.6 Å². The van der Waals surface area contributed by atoms with Crippen LogP contribution in [0, 0.1) is 12.7 Å². The molecule has 0 atom stereocenters. The predicted molar refractivity (Wildman–Crippen MR) is 115 cm³/mol. The van der Waals surface area contributed by atoms with Gasteiger partial charge in [-0.2, -0.15) is 0 Å². The number of hydrogen-bond donors (Lipinski definition) is 3.